The van der Waals surface area contributed by atoms with Gasteiger partial charge in [-0.05, 0) is 41.8 Å². The lowest BCUT2D eigenvalue weighted by atomic mass is 10.0. The zero-order chi connectivity index (χ0) is 19.1. The van der Waals surface area contributed by atoms with Crippen molar-refractivity contribution in [3.8, 4) is 5.75 Å². The Morgan fingerprint density at radius 3 is 2.30 bits per heavy atom. The fraction of sp³-hybridized carbons (Fsp3) is 0.292. The summed E-state index contributed by atoms with van der Waals surface area (Å²) in [6.45, 7) is 4.75. The Bertz CT molecular complexity index is 890. The number of rotatable bonds is 8. The van der Waals surface area contributed by atoms with Gasteiger partial charge in [0.1, 0.15) is 5.75 Å². The maximum absolute atomic E-state index is 12.4. The van der Waals surface area contributed by atoms with Crippen LogP contribution in [0.3, 0.4) is 0 Å². The Balaban J connectivity index is 1.55. The Hall–Kier alpha value is -2.81. The minimum absolute atomic E-state index is 0.0483. The molecule has 0 aliphatic carbocycles. The second-order valence-corrected chi connectivity index (χ2v) is 6.64. The summed E-state index contributed by atoms with van der Waals surface area (Å²) < 4.78 is 5.93. The average Bonchev–Trinajstić information content (AvgIpc) is 2.71. The maximum atomic E-state index is 12.4. The first-order chi connectivity index (χ1) is 13.2. The molecule has 140 valence electrons. The van der Waals surface area contributed by atoms with E-state index in [0.717, 1.165) is 35.1 Å². The lowest BCUT2D eigenvalue weighted by Gasteiger charge is -2.14. The molecule has 3 aromatic carbocycles. The predicted molar refractivity (Wildman–Crippen MR) is 113 cm³/mol. The summed E-state index contributed by atoms with van der Waals surface area (Å²) in [5.74, 6) is 0.922. The van der Waals surface area contributed by atoms with Crippen LogP contribution >= 0.6 is 0 Å². The van der Waals surface area contributed by atoms with Gasteiger partial charge in [0.05, 0.1) is 6.61 Å². The topological polar surface area (TPSA) is 38.3 Å². The molecular weight excluding hydrogens is 334 g/mol. The fourth-order valence-electron chi connectivity index (χ4n) is 3.34. The van der Waals surface area contributed by atoms with Crippen molar-refractivity contribution in [3.63, 3.8) is 0 Å². The van der Waals surface area contributed by atoms with Crippen LogP contribution in [-0.2, 0) is 17.6 Å². The summed E-state index contributed by atoms with van der Waals surface area (Å²) in [6.07, 6.45) is 2.96. The van der Waals surface area contributed by atoms with Crippen LogP contribution in [0.25, 0.3) is 10.8 Å². The number of hydrogen-bond donors (Lipinski definition) is 1. The Morgan fingerprint density at radius 1 is 0.889 bits per heavy atom. The van der Waals surface area contributed by atoms with Gasteiger partial charge in [-0.2, -0.15) is 0 Å². The summed E-state index contributed by atoms with van der Waals surface area (Å²) in [7, 11) is 0. The molecular formula is C24H27NO2. The van der Waals surface area contributed by atoms with Crippen LogP contribution in [0.1, 0.15) is 37.8 Å². The lowest BCUT2D eigenvalue weighted by molar-refractivity contribution is -0.116. The molecule has 3 nitrogen and oxygen atoms in total. The normalized spacial score (nSPS) is 10.7. The molecule has 0 atom stereocenters. The highest BCUT2D eigenvalue weighted by Crippen LogP contribution is 2.25. The number of carbonyl (C=O) groups excluding carboxylic acids is 1. The van der Waals surface area contributed by atoms with E-state index in [-0.39, 0.29) is 5.91 Å². The zero-order valence-corrected chi connectivity index (χ0v) is 16.1. The van der Waals surface area contributed by atoms with Gasteiger partial charge in [0, 0.05) is 17.5 Å². The third-order valence-corrected chi connectivity index (χ3v) is 4.82. The van der Waals surface area contributed by atoms with E-state index >= 15 is 0 Å². The van der Waals surface area contributed by atoms with Crippen LogP contribution in [0.4, 0.5) is 5.69 Å². The van der Waals surface area contributed by atoms with E-state index < -0.39 is 0 Å². The lowest BCUT2D eigenvalue weighted by Crippen LogP contribution is -2.15. The minimum Gasteiger partial charge on any atom is -0.493 e. The van der Waals surface area contributed by atoms with E-state index in [2.05, 4.69) is 55.6 Å². The maximum Gasteiger partial charge on any atom is 0.224 e. The molecule has 0 aromatic heterocycles. The van der Waals surface area contributed by atoms with E-state index in [9.17, 15) is 4.79 Å². The van der Waals surface area contributed by atoms with Gasteiger partial charge < -0.3 is 10.1 Å². The summed E-state index contributed by atoms with van der Waals surface area (Å²) in [6, 6.07) is 20.5. The highest BCUT2D eigenvalue weighted by Gasteiger charge is 2.10. The largest absolute Gasteiger partial charge is 0.493 e. The van der Waals surface area contributed by atoms with E-state index in [1.807, 2.05) is 24.3 Å². The standard InChI is InChI=1S/C24H27NO2/c1-3-18-11-7-12-19(4-2)24(18)25-23(26)16-9-17-27-22-15-8-13-20-10-5-6-14-21(20)22/h5-8,10-15H,3-4,9,16-17H2,1-2H3,(H,25,26). The second-order valence-electron chi connectivity index (χ2n) is 6.64. The van der Waals surface area contributed by atoms with E-state index in [1.165, 1.54) is 11.1 Å². The van der Waals surface area contributed by atoms with Gasteiger partial charge in [0.2, 0.25) is 5.91 Å². The molecule has 0 fully saturated rings. The Labute approximate surface area is 161 Å². The number of aryl methyl sites for hydroxylation is 2. The molecule has 3 aromatic rings. The molecule has 0 saturated carbocycles. The third kappa shape index (κ3) is 4.68. The van der Waals surface area contributed by atoms with Crippen molar-refractivity contribution in [2.24, 2.45) is 0 Å². The second kappa shape index (κ2) is 9.22. The van der Waals surface area contributed by atoms with Crippen molar-refractivity contribution in [1.82, 2.24) is 0 Å². The first kappa shape index (κ1) is 19.0. The van der Waals surface area contributed by atoms with E-state index in [4.69, 9.17) is 4.74 Å². The summed E-state index contributed by atoms with van der Waals surface area (Å²) in [5, 5.41) is 5.38. The number of amides is 1. The van der Waals surface area contributed by atoms with Crippen molar-refractivity contribution in [3.05, 3.63) is 71.8 Å². The van der Waals surface area contributed by atoms with Crippen LogP contribution in [0, 0.1) is 0 Å². The van der Waals surface area contributed by atoms with Crippen LogP contribution < -0.4 is 10.1 Å². The molecule has 0 radical (unpaired) electrons. The summed E-state index contributed by atoms with van der Waals surface area (Å²) in [5.41, 5.74) is 3.37. The van der Waals surface area contributed by atoms with Crippen LogP contribution in [-0.4, -0.2) is 12.5 Å². The van der Waals surface area contributed by atoms with E-state index in [1.54, 1.807) is 0 Å². The number of ether oxygens (including phenoxy) is 1. The molecule has 1 N–H and O–H groups in total. The van der Waals surface area contributed by atoms with Crippen molar-refractivity contribution in [2.75, 3.05) is 11.9 Å². The van der Waals surface area contributed by atoms with Crippen molar-refractivity contribution >= 4 is 22.4 Å². The molecule has 0 saturated heterocycles. The number of benzene rings is 3. The van der Waals surface area contributed by atoms with Gasteiger partial charge in [-0.15, -0.1) is 0 Å². The predicted octanol–water partition coefficient (Wildman–Crippen LogP) is 5.76. The molecule has 0 heterocycles. The molecule has 0 spiro atoms. The van der Waals surface area contributed by atoms with Crippen molar-refractivity contribution in [1.29, 1.82) is 0 Å². The molecule has 0 aliphatic heterocycles. The molecule has 0 bridgehead atoms. The number of fused-ring (bicyclic) bond motifs is 1. The Kier molecular flexibility index (Phi) is 6.48. The van der Waals surface area contributed by atoms with Crippen molar-refractivity contribution in [2.45, 2.75) is 39.5 Å². The number of hydrogen-bond acceptors (Lipinski definition) is 2. The minimum atomic E-state index is 0.0483. The molecule has 1 amide bonds. The number of carbonyl (C=O) groups is 1. The van der Waals surface area contributed by atoms with Gasteiger partial charge in [-0.1, -0.05) is 68.4 Å². The average molecular weight is 361 g/mol. The van der Waals surface area contributed by atoms with Gasteiger partial charge in [-0.3, -0.25) is 4.79 Å². The summed E-state index contributed by atoms with van der Waals surface area (Å²) in [4.78, 5) is 12.4. The SMILES string of the molecule is CCc1cccc(CC)c1NC(=O)CCCOc1cccc2ccccc12. The Morgan fingerprint density at radius 2 is 1.56 bits per heavy atom. The third-order valence-electron chi connectivity index (χ3n) is 4.82. The number of para-hydroxylation sites is 1. The number of nitrogens with one attached hydrogen (secondary N) is 1. The van der Waals surface area contributed by atoms with Gasteiger partial charge in [0.15, 0.2) is 0 Å². The van der Waals surface area contributed by atoms with Crippen LogP contribution in [0.2, 0.25) is 0 Å². The molecule has 0 aliphatic rings. The van der Waals surface area contributed by atoms with Gasteiger partial charge >= 0.3 is 0 Å². The highest BCUT2D eigenvalue weighted by molar-refractivity contribution is 5.92. The van der Waals surface area contributed by atoms with Crippen LogP contribution in [0.5, 0.6) is 5.75 Å². The van der Waals surface area contributed by atoms with Gasteiger partial charge in [-0.25, -0.2) is 0 Å². The zero-order valence-electron chi connectivity index (χ0n) is 16.1. The molecule has 3 heteroatoms. The quantitative estimate of drug-likeness (QED) is 0.518. The van der Waals surface area contributed by atoms with E-state index in [0.29, 0.717) is 19.4 Å². The van der Waals surface area contributed by atoms with Crippen molar-refractivity contribution < 1.29 is 9.53 Å². The van der Waals surface area contributed by atoms with Crippen LogP contribution in [0.15, 0.2) is 60.7 Å². The molecule has 0 unspecified atom stereocenters. The monoisotopic (exact) mass is 361 g/mol. The first-order valence-electron chi connectivity index (χ1n) is 9.74. The molecule has 3 rings (SSSR count). The number of anilines is 1. The first-order valence-corrected chi connectivity index (χ1v) is 9.74. The highest BCUT2D eigenvalue weighted by atomic mass is 16.5. The fourth-order valence-corrected chi connectivity index (χ4v) is 3.34. The smallest absolute Gasteiger partial charge is 0.224 e. The summed E-state index contributed by atoms with van der Waals surface area (Å²) >= 11 is 0. The van der Waals surface area contributed by atoms with Gasteiger partial charge in [0.25, 0.3) is 0 Å². The molecule has 27 heavy (non-hydrogen) atoms.